The molecule has 0 radical (unpaired) electrons. The van der Waals surface area contributed by atoms with Crippen LogP contribution in [0.4, 0.5) is 0 Å². The van der Waals surface area contributed by atoms with Crippen LogP contribution in [0.2, 0.25) is 0 Å². The van der Waals surface area contributed by atoms with E-state index in [9.17, 15) is 13.2 Å². The van der Waals surface area contributed by atoms with Gasteiger partial charge in [0.15, 0.2) is 0 Å². The molecule has 3 rings (SSSR count). The molecule has 0 aliphatic heterocycles. The summed E-state index contributed by atoms with van der Waals surface area (Å²) in [4.78, 5) is 12.3. The Morgan fingerprint density at radius 3 is 2.48 bits per heavy atom. The van der Waals surface area contributed by atoms with Crippen LogP contribution in [0.5, 0.6) is 0 Å². The van der Waals surface area contributed by atoms with E-state index in [-0.39, 0.29) is 16.8 Å². The normalized spacial score (nSPS) is 27.8. The summed E-state index contributed by atoms with van der Waals surface area (Å²) in [6.07, 6.45) is 5.75. The van der Waals surface area contributed by atoms with Crippen molar-refractivity contribution in [3.8, 4) is 0 Å². The third-order valence-electron chi connectivity index (χ3n) is 5.42. The van der Waals surface area contributed by atoms with E-state index in [1.54, 1.807) is 12.1 Å². The average molecular weight is 336 g/mol. The lowest BCUT2D eigenvalue weighted by Crippen LogP contribution is -2.29. The van der Waals surface area contributed by atoms with Crippen molar-refractivity contribution < 1.29 is 13.2 Å². The first kappa shape index (κ1) is 16.5. The summed E-state index contributed by atoms with van der Waals surface area (Å²) in [6, 6.07) is 6.20. The van der Waals surface area contributed by atoms with Crippen molar-refractivity contribution in [2.24, 2.45) is 22.9 Å². The highest BCUT2D eigenvalue weighted by atomic mass is 32.2. The second-order valence-electron chi connectivity index (χ2n) is 7.04. The van der Waals surface area contributed by atoms with Gasteiger partial charge in [-0.25, -0.2) is 13.6 Å². The fraction of sp³-hybridized carbons (Fsp3) is 0.588. The molecule has 126 valence electrons. The number of rotatable bonds is 5. The quantitative estimate of drug-likeness (QED) is 0.865. The van der Waals surface area contributed by atoms with Crippen LogP contribution in [0, 0.1) is 17.8 Å². The molecule has 2 saturated carbocycles. The molecule has 2 aliphatic rings. The van der Waals surface area contributed by atoms with E-state index in [1.807, 2.05) is 6.92 Å². The Balaban J connectivity index is 1.56. The summed E-state index contributed by atoms with van der Waals surface area (Å²) in [5.41, 5.74) is 0.874. The second kappa shape index (κ2) is 6.24. The summed E-state index contributed by atoms with van der Waals surface area (Å²) in [5.74, 6) is 2.23. The molecule has 2 aliphatic carbocycles. The highest BCUT2D eigenvalue weighted by Crippen LogP contribution is 2.49. The fourth-order valence-corrected chi connectivity index (χ4v) is 4.71. The van der Waals surface area contributed by atoms with Crippen molar-refractivity contribution in [3.63, 3.8) is 0 Å². The summed E-state index contributed by atoms with van der Waals surface area (Å²) in [7, 11) is -3.68. The van der Waals surface area contributed by atoms with Crippen LogP contribution < -0.4 is 10.5 Å². The van der Waals surface area contributed by atoms with Crippen LogP contribution in [-0.2, 0) is 14.8 Å². The smallest absolute Gasteiger partial charge is 0.238 e. The van der Waals surface area contributed by atoms with Gasteiger partial charge in [0.2, 0.25) is 15.9 Å². The largest absolute Gasteiger partial charge is 0.350 e. The number of hydrogen-bond acceptors (Lipinski definition) is 3. The van der Waals surface area contributed by atoms with E-state index in [0.717, 1.165) is 17.4 Å². The van der Waals surface area contributed by atoms with Crippen LogP contribution in [0.25, 0.3) is 0 Å². The van der Waals surface area contributed by atoms with Gasteiger partial charge in [-0.05, 0) is 61.6 Å². The number of nitrogens with one attached hydrogen (secondary N) is 1. The number of hydrogen-bond donors (Lipinski definition) is 2. The maximum absolute atomic E-state index is 12.3. The van der Waals surface area contributed by atoms with Gasteiger partial charge in [0.25, 0.3) is 0 Å². The predicted molar refractivity (Wildman–Crippen MR) is 87.9 cm³/mol. The SMILES string of the molecule is CC(NC(=O)CC1CC2CCC1C2)c1ccc(S(N)(=O)=O)cc1. The summed E-state index contributed by atoms with van der Waals surface area (Å²) in [5, 5.41) is 8.11. The Bertz CT molecular complexity index is 684. The van der Waals surface area contributed by atoms with Crippen LogP contribution in [0.15, 0.2) is 29.2 Å². The summed E-state index contributed by atoms with van der Waals surface area (Å²) in [6.45, 7) is 1.91. The van der Waals surface area contributed by atoms with Crippen LogP contribution in [-0.4, -0.2) is 14.3 Å². The van der Waals surface area contributed by atoms with Crippen LogP contribution in [0.1, 0.15) is 50.6 Å². The molecule has 0 spiro atoms. The first-order chi connectivity index (χ1) is 10.8. The second-order valence-corrected chi connectivity index (χ2v) is 8.60. The van der Waals surface area contributed by atoms with Crippen LogP contribution in [0.3, 0.4) is 0 Å². The summed E-state index contributed by atoms with van der Waals surface area (Å²) >= 11 is 0. The third-order valence-corrected chi connectivity index (χ3v) is 6.35. The first-order valence-corrected chi connectivity index (χ1v) is 9.79. The Morgan fingerprint density at radius 1 is 1.26 bits per heavy atom. The van der Waals surface area contributed by atoms with E-state index in [0.29, 0.717) is 12.3 Å². The molecule has 5 nitrogen and oxygen atoms in total. The molecule has 0 aromatic heterocycles. The van der Waals surface area contributed by atoms with Gasteiger partial charge in [-0.1, -0.05) is 18.6 Å². The molecule has 1 aromatic carbocycles. The third kappa shape index (κ3) is 3.75. The van der Waals surface area contributed by atoms with E-state index < -0.39 is 10.0 Å². The molecule has 2 fully saturated rings. The average Bonchev–Trinajstić information content (AvgIpc) is 3.09. The Kier molecular flexibility index (Phi) is 4.47. The van der Waals surface area contributed by atoms with Crippen LogP contribution >= 0.6 is 0 Å². The molecule has 1 amide bonds. The number of fused-ring (bicyclic) bond motifs is 2. The first-order valence-electron chi connectivity index (χ1n) is 8.25. The molecule has 3 N–H and O–H groups in total. The minimum atomic E-state index is -3.68. The van der Waals surface area contributed by atoms with Gasteiger partial charge in [-0.15, -0.1) is 0 Å². The van der Waals surface area contributed by atoms with Crippen molar-refractivity contribution in [1.82, 2.24) is 5.32 Å². The standard InChI is InChI=1S/C17H24N2O3S/c1-11(13-4-6-16(7-5-13)23(18,21)22)19-17(20)10-15-9-12-2-3-14(15)8-12/h4-7,11-12,14-15H,2-3,8-10H2,1H3,(H,19,20)(H2,18,21,22). The lowest BCUT2D eigenvalue weighted by atomic mass is 9.86. The van der Waals surface area contributed by atoms with Crippen molar-refractivity contribution in [1.29, 1.82) is 0 Å². The number of sulfonamides is 1. The van der Waals surface area contributed by atoms with E-state index >= 15 is 0 Å². The number of carbonyl (C=O) groups is 1. The fourth-order valence-electron chi connectivity index (χ4n) is 4.19. The van der Waals surface area contributed by atoms with Gasteiger partial charge in [-0.2, -0.15) is 0 Å². The zero-order valence-electron chi connectivity index (χ0n) is 13.4. The van der Waals surface area contributed by atoms with E-state index in [2.05, 4.69) is 5.32 Å². The molecule has 4 unspecified atom stereocenters. The van der Waals surface area contributed by atoms with Gasteiger partial charge < -0.3 is 5.32 Å². The van der Waals surface area contributed by atoms with Gasteiger partial charge in [-0.3, -0.25) is 4.79 Å². The van der Waals surface area contributed by atoms with Gasteiger partial charge in [0.05, 0.1) is 10.9 Å². The molecule has 23 heavy (non-hydrogen) atoms. The number of benzene rings is 1. The molecule has 2 bridgehead atoms. The molecule has 6 heteroatoms. The van der Waals surface area contributed by atoms with Crippen molar-refractivity contribution in [3.05, 3.63) is 29.8 Å². The minimum Gasteiger partial charge on any atom is -0.350 e. The molecule has 1 aromatic rings. The molecule has 4 atom stereocenters. The molecule has 0 heterocycles. The van der Waals surface area contributed by atoms with Gasteiger partial charge in [0.1, 0.15) is 0 Å². The molecular weight excluding hydrogens is 312 g/mol. The minimum absolute atomic E-state index is 0.0850. The highest BCUT2D eigenvalue weighted by Gasteiger charge is 2.40. The topological polar surface area (TPSA) is 89.3 Å². The summed E-state index contributed by atoms with van der Waals surface area (Å²) < 4.78 is 22.5. The number of carbonyl (C=O) groups excluding carboxylic acids is 1. The zero-order chi connectivity index (χ0) is 16.6. The van der Waals surface area contributed by atoms with Gasteiger partial charge >= 0.3 is 0 Å². The maximum Gasteiger partial charge on any atom is 0.238 e. The number of primary sulfonamides is 1. The molecule has 0 saturated heterocycles. The number of amides is 1. The Hall–Kier alpha value is -1.40. The monoisotopic (exact) mass is 336 g/mol. The Labute approximate surface area is 137 Å². The lowest BCUT2D eigenvalue weighted by Gasteiger charge is -2.22. The molecular formula is C17H24N2O3S. The zero-order valence-corrected chi connectivity index (χ0v) is 14.2. The maximum atomic E-state index is 12.3. The van der Waals surface area contributed by atoms with E-state index in [1.165, 1.54) is 37.8 Å². The van der Waals surface area contributed by atoms with E-state index in [4.69, 9.17) is 5.14 Å². The Morgan fingerprint density at radius 2 is 1.96 bits per heavy atom. The highest BCUT2D eigenvalue weighted by molar-refractivity contribution is 7.89. The van der Waals surface area contributed by atoms with Crippen molar-refractivity contribution >= 4 is 15.9 Å². The predicted octanol–water partition coefficient (Wildman–Crippen LogP) is 2.34. The van der Waals surface area contributed by atoms with Crippen molar-refractivity contribution in [2.45, 2.75) is 50.0 Å². The van der Waals surface area contributed by atoms with Crippen molar-refractivity contribution in [2.75, 3.05) is 0 Å². The lowest BCUT2D eigenvalue weighted by molar-refractivity contribution is -0.123. The van der Waals surface area contributed by atoms with Gasteiger partial charge in [0, 0.05) is 6.42 Å². The number of nitrogens with two attached hydrogens (primary N) is 1.